The predicted molar refractivity (Wildman–Crippen MR) is 117 cm³/mol. The molecule has 3 N–H and O–H groups in total. The molecule has 4 rings (SSSR count). The summed E-state index contributed by atoms with van der Waals surface area (Å²) in [6.45, 7) is 4.10. The summed E-state index contributed by atoms with van der Waals surface area (Å²) in [4.78, 5) is 15.1. The first-order valence-electron chi connectivity index (χ1n) is 9.38. The van der Waals surface area contributed by atoms with Gasteiger partial charge in [0.1, 0.15) is 11.6 Å². The maximum atomic E-state index is 13.4. The molecule has 0 saturated heterocycles. The van der Waals surface area contributed by atoms with Crippen molar-refractivity contribution in [3.05, 3.63) is 52.5 Å². The Morgan fingerprint density at radius 3 is 2.60 bits per heavy atom. The van der Waals surface area contributed by atoms with Crippen LogP contribution >= 0.6 is 23.1 Å². The summed E-state index contributed by atoms with van der Waals surface area (Å²) < 4.78 is 0.778. The molecule has 0 spiro atoms. The van der Waals surface area contributed by atoms with Crippen molar-refractivity contribution in [2.45, 2.75) is 36.9 Å². The van der Waals surface area contributed by atoms with Gasteiger partial charge >= 0.3 is 0 Å². The second-order valence-corrected chi connectivity index (χ2v) is 10.1. The van der Waals surface area contributed by atoms with Gasteiger partial charge < -0.3 is 10.8 Å². The van der Waals surface area contributed by atoms with Crippen molar-refractivity contribution in [3.63, 3.8) is 0 Å². The number of carbonyl (C=O) groups is 1. The number of hydrogen-bond donors (Lipinski definition) is 2. The van der Waals surface area contributed by atoms with Crippen LogP contribution in [0.5, 0.6) is 5.75 Å². The number of nitrogens with zero attached hydrogens (tertiary/aromatic N) is 4. The van der Waals surface area contributed by atoms with Gasteiger partial charge in [-0.25, -0.2) is 0 Å². The highest BCUT2D eigenvalue weighted by Gasteiger charge is 2.45. The van der Waals surface area contributed by atoms with E-state index in [1.165, 1.54) is 23.1 Å². The molecule has 2 heterocycles. The highest BCUT2D eigenvalue weighted by atomic mass is 32.2. The van der Waals surface area contributed by atoms with Crippen LogP contribution in [0.3, 0.4) is 0 Å². The van der Waals surface area contributed by atoms with Crippen molar-refractivity contribution in [3.8, 4) is 11.8 Å². The minimum atomic E-state index is -0.571. The number of nitriles is 1. The van der Waals surface area contributed by atoms with Gasteiger partial charge in [-0.2, -0.15) is 5.26 Å². The molecule has 30 heavy (non-hydrogen) atoms. The maximum absolute atomic E-state index is 13.4. The summed E-state index contributed by atoms with van der Waals surface area (Å²) in [5.41, 5.74) is 8.68. The highest BCUT2D eigenvalue weighted by Crippen LogP contribution is 2.50. The van der Waals surface area contributed by atoms with E-state index in [0.29, 0.717) is 29.1 Å². The molecule has 2 aromatic rings. The fourth-order valence-corrected chi connectivity index (χ4v) is 5.40. The molecular weight excluding hydrogens is 418 g/mol. The smallest absolute Gasteiger partial charge is 0.219 e. The van der Waals surface area contributed by atoms with Crippen LogP contribution < -0.4 is 10.6 Å². The zero-order valence-corrected chi connectivity index (χ0v) is 18.5. The van der Waals surface area contributed by atoms with Gasteiger partial charge in [0.25, 0.3) is 0 Å². The molecule has 0 radical (unpaired) electrons. The molecule has 0 amide bonds. The molecule has 7 nitrogen and oxygen atoms in total. The monoisotopic (exact) mass is 439 g/mol. The van der Waals surface area contributed by atoms with Gasteiger partial charge in [0, 0.05) is 17.7 Å². The van der Waals surface area contributed by atoms with Gasteiger partial charge in [0.05, 0.1) is 17.6 Å². The van der Waals surface area contributed by atoms with Gasteiger partial charge in [0.15, 0.2) is 10.1 Å². The van der Waals surface area contributed by atoms with Crippen molar-refractivity contribution in [1.82, 2.24) is 10.2 Å². The number of phenolic OH excluding ortho intramolecular Hbond substituents is 1. The van der Waals surface area contributed by atoms with E-state index in [1.807, 2.05) is 6.26 Å². The van der Waals surface area contributed by atoms with Crippen LogP contribution in [0.1, 0.15) is 38.2 Å². The van der Waals surface area contributed by atoms with E-state index in [-0.39, 0.29) is 22.8 Å². The van der Waals surface area contributed by atoms with Crippen LogP contribution in [-0.4, -0.2) is 27.3 Å². The van der Waals surface area contributed by atoms with Crippen molar-refractivity contribution < 1.29 is 9.90 Å². The minimum Gasteiger partial charge on any atom is -0.508 e. The van der Waals surface area contributed by atoms with Crippen LogP contribution in [-0.2, 0) is 4.79 Å². The molecule has 1 aliphatic heterocycles. The number of aromatic nitrogens is 2. The van der Waals surface area contributed by atoms with Crippen LogP contribution in [0, 0.1) is 16.7 Å². The minimum absolute atomic E-state index is 0.000759. The van der Waals surface area contributed by atoms with Gasteiger partial charge in [-0.05, 0) is 35.8 Å². The van der Waals surface area contributed by atoms with Crippen LogP contribution in [0.2, 0.25) is 0 Å². The van der Waals surface area contributed by atoms with Crippen LogP contribution in [0.4, 0.5) is 5.13 Å². The zero-order chi connectivity index (χ0) is 21.6. The average molecular weight is 440 g/mol. The van der Waals surface area contributed by atoms with E-state index in [4.69, 9.17) is 5.73 Å². The fraction of sp³-hybridized carbons (Fsp3) is 0.333. The van der Waals surface area contributed by atoms with E-state index in [0.717, 1.165) is 15.6 Å². The number of anilines is 1. The first-order valence-corrected chi connectivity index (χ1v) is 11.4. The summed E-state index contributed by atoms with van der Waals surface area (Å²) >= 11 is 2.86. The SMILES string of the molecule is CSc1nnc(N2C(N)=C(C#N)C(c3ccc(O)cc3)C3=C2CC(C)(C)CC3=O)s1. The van der Waals surface area contributed by atoms with Gasteiger partial charge in [-0.1, -0.05) is 49.1 Å². The molecule has 1 atom stereocenters. The number of thioether (sulfide) groups is 1. The largest absolute Gasteiger partial charge is 0.508 e. The second-order valence-electron chi connectivity index (χ2n) is 8.13. The molecule has 0 bridgehead atoms. The third-order valence-electron chi connectivity index (χ3n) is 5.37. The molecule has 1 unspecified atom stereocenters. The number of aromatic hydroxyl groups is 1. The van der Waals surface area contributed by atoms with Crippen LogP contribution in [0.25, 0.3) is 0 Å². The summed E-state index contributed by atoms with van der Waals surface area (Å²) in [5, 5.41) is 28.7. The van der Waals surface area contributed by atoms with E-state index < -0.39 is 5.92 Å². The van der Waals surface area contributed by atoms with E-state index >= 15 is 0 Å². The molecule has 154 valence electrons. The molecule has 9 heteroatoms. The van der Waals surface area contributed by atoms with Gasteiger partial charge in [-0.3, -0.25) is 9.69 Å². The van der Waals surface area contributed by atoms with Crippen molar-refractivity contribution in [1.29, 1.82) is 5.26 Å². The number of phenols is 1. The highest BCUT2D eigenvalue weighted by molar-refractivity contribution is 8.00. The Balaban J connectivity index is 1.97. The molecule has 2 aliphatic rings. The van der Waals surface area contributed by atoms with Crippen molar-refractivity contribution in [2.24, 2.45) is 11.1 Å². The number of ketones is 1. The van der Waals surface area contributed by atoms with E-state index in [9.17, 15) is 15.2 Å². The Labute approximate surface area is 182 Å². The normalized spacial score (nSPS) is 20.9. The van der Waals surface area contributed by atoms with Gasteiger partial charge in [-0.15, -0.1) is 10.2 Å². The van der Waals surface area contributed by atoms with Crippen molar-refractivity contribution >= 4 is 34.0 Å². The number of Topliss-reactive ketones (excluding diaryl/α,β-unsaturated/α-hetero) is 1. The summed E-state index contributed by atoms with van der Waals surface area (Å²) in [7, 11) is 0. The van der Waals surface area contributed by atoms with Crippen LogP contribution in [0.15, 0.2) is 51.3 Å². The third kappa shape index (κ3) is 3.36. The van der Waals surface area contributed by atoms with Crippen molar-refractivity contribution in [2.75, 3.05) is 11.2 Å². The third-order valence-corrected chi connectivity index (χ3v) is 7.25. The zero-order valence-electron chi connectivity index (χ0n) is 16.8. The van der Waals surface area contributed by atoms with E-state index in [1.54, 1.807) is 29.2 Å². The van der Waals surface area contributed by atoms with E-state index in [2.05, 4.69) is 30.1 Å². The molecule has 1 aliphatic carbocycles. The molecular formula is C21H21N5O2S2. The lowest BCUT2D eigenvalue weighted by Gasteiger charge is -2.42. The fourth-order valence-electron chi connectivity index (χ4n) is 4.10. The number of allylic oxidation sites excluding steroid dienone is 3. The molecule has 0 fully saturated rings. The predicted octanol–water partition coefficient (Wildman–Crippen LogP) is 3.91. The Morgan fingerprint density at radius 2 is 2.00 bits per heavy atom. The topological polar surface area (TPSA) is 116 Å². The second kappa shape index (κ2) is 7.45. The average Bonchev–Trinajstić information content (AvgIpc) is 3.15. The lowest BCUT2D eigenvalue weighted by Crippen LogP contribution is -2.42. The Hall–Kier alpha value is -2.83. The molecule has 1 aromatic heterocycles. The lowest BCUT2D eigenvalue weighted by molar-refractivity contribution is -0.118. The first kappa shape index (κ1) is 20.4. The number of hydrogen-bond acceptors (Lipinski definition) is 9. The molecule has 0 saturated carbocycles. The maximum Gasteiger partial charge on any atom is 0.219 e. The Kier molecular flexibility index (Phi) is 5.08. The summed E-state index contributed by atoms with van der Waals surface area (Å²) in [6.07, 6.45) is 2.93. The summed E-state index contributed by atoms with van der Waals surface area (Å²) in [6, 6.07) is 8.80. The summed E-state index contributed by atoms with van der Waals surface area (Å²) in [5.74, 6) is -0.184. The number of rotatable bonds is 3. The quantitative estimate of drug-likeness (QED) is 0.692. The first-order chi connectivity index (χ1) is 14.3. The Bertz CT molecular complexity index is 1130. The molecule has 1 aromatic carbocycles. The lowest BCUT2D eigenvalue weighted by atomic mass is 9.69. The number of benzene rings is 1. The standard InChI is InChI=1S/C21H21N5O2S2/c1-21(2)8-14-17(15(28)9-21)16(11-4-6-12(27)7-5-11)13(10-22)18(23)26(14)19-24-25-20(29-3)30-19/h4-7,16,27H,8-9,23H2,1-3H3. The number of nitrogens with two attached hydrogens (primary N) is 1. The van der Waals surface area contributed by atoms with Gasteiger partial charge in [0.2, 0.25) is 5.13 Å². The Morgan fingerprint density at radius 1 is 1.30 bits per heavy atom. The number of carbonyl (C=O) groups excluding carboxylic acids is 1.